The fourth-order valence-electron chi connectivity index (χ4n) is 2.25. The molecule has 0 saturated heterocycles. The van der Waals surface area contributed by atoms with Gasteiger partial charge in [-0.25, -0.2) is 0 Å². The number of para-hydroxylation sites is 1. The Balaban J connectivity index is 2.40. The van der Waals surface area contributed by atoms with Gasteiger partial charge in [-0.3, -0.25) is 4.79 Å². The fourth-order valence-corrected chi connectivity index (χ4v) is 2.25. The number of nitrogens with two attached hydrogens (primary N) is 2. The molecule has 5 N–H and O–H groups in total. The van der Waals surface area contributed by atoms with Gasteiger partial charge in [-0.05, 0) is 35.2 Å². The maximum atomic E-state index is 11.4. The zero-order valence-electron chi connectivity index (χ0n) is 12.6. The van der Waals surface area contributed by atoms with Gasteiger partial charge in [-0.1, -0.05) is 39.0 Å². The van der Waals surface area contributed by atoms with Crippen molar-refractivity contribution in [2.24, 2.45) is 5.73 Å². The quantitative estimate of drug-likeness (QED) is 0.755. The number of hydrogen-bond donors (Lipinski definition) is 3. The van der Waals surface area contributed by atoms with Gasteiger partial charge in [-0.2, -0.15) is 0 Å². The lowest BCUT2D eigenvalue weighted by Crippen LogP contribution is -2.15. The molecule has 0 aliphatic heterocycles. The summed E-state index contributed by atoms with van der Waals surface area (Å²) in [6.07, 6.45) is 0. The van der Waals surface area contributed by atoms with Gasteiger partial charge in [0.25, 0.3) is 5.91 Å². The van der Waals surface area contributed by atoms with Gasteiger partial charge in [0.1, 0.15) is 0 Å². The molecule has 4 heteroatoms. The SMILES string of the molecule is CC(C)(C)c1ccccc1Nc1ccc(N)c(C(N)=O)c1. The first kappa shape index (κ1) is 14.9. The number of carbonyl (C=O) groups is 1. The number of hydrogen-bond acceptors (Lipinski definition) is 3. The molecule has 0 saturated carbocycles. The Kier molecular flexibility index (Phi) is 3.89. The standard InChI is InChI=1S/C17H21N3O/c1-17(2,3)13-6-4-5-7-15(13)20-11-8-9-14(18)12(10-11)16(19)21/h4-10,20H,18H2,1-3H3,(H2,19,21). The summed E-state index contributed by atoms with van der Waals surface area (Å²) < 4.78 is 0. The highest BCUT2D eigenvalue weighted by Crippen LogP contribution is 2.31. The molecular weight excluding hydrogens is 262 g/mol. The molecule has 21 heavy (non-hydrogen) atoms. The fraction of sp³-hybridized carbons (Fsp3) is 0.235. The van der Waals surface area contributed by atoms with Crippen LogP contribution in [0.5, 0.6) is 0 Å². The van der Waals surface area contributed by atoms with E-state index in [-0.39, 0.29) is 5.41 Å². The summed E-state index contributed by atoms with van der Waals surface area (Å²) in [5.74, 6) is -0.528. The maximum Gasteiger partial charge on any atom is 0.250 e. The third-order valence-corrected chi connectivity index (χ3v) is 3.33. The third-order valence-electron chi connectivity index (χ3n) is 3.33. The van der Waals surface area contributed by atoms with E-state index in [9.17, 15) is 4.79 Å². The minimum Gasteiger partial charge on any atom is -0.398 e. The monoisotopic (exact) mass is 283 g/mol. The second-order valence-electron chi connectivity index (χ2n) is 6.09. The van der Waals surface area contributed by atoms with Crippen molar-refractivity contribution in [2.75, 3.05) is 11.1 Å². The molecule has 4 nitrogen and oxygen atoms in total. The zero-order chi connectivity index (χ0) is 15.6. The minimum absolute atomic E-state index is 0.0178. The van der Waals surface area contributed by atoms with E-state index in [4.69, 9.17) is 11.5 Å². The van der Waals surface area contributed by atoms with Crippen LogP contribution in [0.4, 0.5) is 17.1 Å². The Hall–Kier alpha value is -2.49. The molecule has 0 atom stereocenters. The molecule has 110 valence electrons. The van der Waals surface area contributed by atoms with E-state index in [0.717, 1.165) is 11.4 Å². The summed E-state index contributed by atoms with van der Waals surface area (Å²) in [4.78, 5) is 11.4. The molecular formula is C17H21N3O. The molecule has 0 heterocycles. The highest BCUT2D eigenvalue weighted by atomic mass is 16.1. The van der Waals surface area contributed by atoms with Gasteiger partial charge in [0, 0.05) is 17.1 Å². The number of primary amides is 1. The van der Waals surface area contributed by atoms with Gasteiger partial charge < -0.3 is 16.8 Å². The van der Waals surface area contributed by atoms with Crippen molar-refractivity contribution in [3.8, 4) is 0 Å². The largest absolute Gasteiger partial charge is 0.398 e. The van der Waals surface area contributed by atoms with Crippen molar-refractivity contribution < 1.29 is 4.79 Å². The minimum atomic E-state index is -0.528. The summed E-state index contributed by atoms with van der Waals surface area (Å²) >= 11 is 0. The van der Waals surface area contributed by atoms with Crippen LogP contribution in [-0.2, 0) is 5.41 Å². The van der Waals surface area contributed by atoms with Crippen LogP contribution < -0.4 is 16.8 Å². The number of rotatable bonds is 3. The van der Waals surface area contributed by atoms with Gasteiger partial charge >= 0.3 is 0 Å². The second-order valence-corrected chi connectivity index (χ2v) is 6.09. The van der Waals surface area contributed by atoms with Crippen LogP contribution in [0.15, 0.2) is 42.5 Å². The summed E-state index contributed by atoms with van der Waals surface area (Å²) in [6.45, 7) is 6.47. The van der Waals surface area contributed by atoms with E-state index < -0.39 is 5.91 Å². The Morgan fingerprint density at radius 1 is 1.10 bits per heavy atom. The zero-order valence-corrected chi connectivity index (χ0v) is 12.6. The van der Waals surface area contributed by atoms with Crippen LogP contribution in [0, 0.1) is 0 Å². The number of anilines is 3. The van der Waals surface area contributed by atoms with Crippen molar-refractivity contribution in [2.45, 2.75) is 26.2 Å². The second kappa shape index (κ2) is 5.48. The first-order chi connectivity index (χ1) is 9.79. The normalized spacial score (nSPS) is 11.2. The van der Waals surface area contributed by atoms with Crippen LogP contribution in [-0.4, -0.2) is 5.91 Å². The van der Waals surface area contributed by atoms with Crippen molar-refractivity contribution in [3.63, 3.8) is 0 Å². The molecule has 0 fully saturated rings. The lowest BCUT2D eigenvalue weighted by Gasteiger charge is -2.23. The topological polar surface area (TPSA) is 81.1 Å². The van der Waals surface area contributed by atoms with E-state index in [2.05, 4.69) is 32.2 Å². The molecule has 0 unspecified atom stereocenters. The average Bonchev–Trinajstić information content (AvgIpc) is 2.40. The smallest absolute Gasteiger partial charge is 0.250 e. The van der Waals surface area contributed by atoms with Crippen LogP contribution >= 0.6 is 0 Å². The Morgan fingerprint density at radius 2 is 1.76 bits per heavy atom. The number of carbonyl (C=O) groups excluding carboxylic acids is 1. The van der Waals surface area contributed by atoms with E-state index in [1.807, 2.05) is 24.3 Å². The molecule has 0 aliphatic carbocycles. The molecule has 2 aromatic rings. The van der Waals surface area contributed by atoms with Crippen LogP contribution in [0.1, 0.15) is 36.7 Å². The summed E-state index contributed by atoms with van der Waals surface area (Å²) in [7, 11) is 0. The molecule has 0 aromatic heterocycles. The summed E-state index contributed by atoms with van der Waals surface area (Å²) in [5, 5.41) is 3.34. The lowest BCUT2D eigenvalue weighted by atomic mass is 9.86. The summed E-state index contributed by atoms with van der Waals surface area (Å²) in [5.41, 5.74) is 14.8. The van der Waals surface area contributed by atoms with Crippen LogP contribution in [0.25, 0.3) is 0 Å². The number of amides is 1. The molecule has 2 aromatic carbocycles. The predicted molar refractivity (Wildman–Crippen MR) is 87.8 cm³/mol. The van der Waals surface area contributed by atoms with E-state index in [1.165, 1.54) is 5.56 Å². The van der Waals surface area contributed by atoms with Crippen molar-refractivity contribution in [3.05, 3.63) is 53.6 Å². The Labute approximate surface area is 125 Å². The molecule has 0 spiro atoms. The van der Waals surface area contributed by atoms with Gasteiger partial charge in [0.05, 0.1) is 5.56 Å². The highest BCUT2D eigenvalue weighted by Gasteiger charge is 2.17. The van der Waals surface area contributed by atoms with E-state index >= 15 is 0 Å². The Morgan fingerprint density at radius 3 is 2.38 bits per heavy atom. The van der Waals surface area contributed by atoms with Crippen molar-refractivity contribution in [1.29, 1.82) is 0 Å². The molecule has 0 aliphatic rings. The van der Waals surface area contributed by atoms with Gasteiger partial charge in [-0.15, -0.1) is 0 Å². The van der Waals surface area contributed by atoms with Gasteiger partial charge in [0.15, 0.2) is 0 Å². The first-order valence-electron chi connectivity index (χ1n) is 6.85. The number of benzene rings is 2. The van der Waals surface area contributed by atoms with Crippen molar-refractivity contribution in [1.82, 2.24) is 0 Å². The van der Waals surface area contributed by atoms with Crippen LogP contribution in [0.3, 0.4) is 0 Å². The maximum absolute atomic E-state index is 11.4. The van der Waals surface area contributed by atoms with Crippen molar-refractivity contribution >= 4 is 23.0 Å². The van der Waals surface area contributed by atoms with E-state index in [1.54, 1.807) is 12.1 Å². The van der Waals surface area contributed by atoms with Gasteiger partial charge in [0.2, 0.25) is 0 Å². The first-order valence-corrected chi connectivity index (χ1v) is 6.85. The molecule has 0 radical (unpaired) electrons. The molecule has 2 rings (SSSR count). The van der Waals surface area contributed by atoms with Crippen LogP contribution in [0.2, 0.25) is 0 Å². The van der Waals surface area contributed by atoms with E-state index in [0.29, 0.717) is 11.3 Å². The predicted octanol–water partition coefficient (Wildman–Crippen LogP) is 3.41. The average molecular weight is 283 g/mol. The highest BCUT2D eigenvalue weighted by molar-refractivity contribution is 5.99. The molecule has 1 amide bonds. The third kappa shape index (κ3) is 3.34. The Bertz CT molecular complexity index is 672. The number of nitrogens with one attached hydrogen (secondary N) is 1. The lowest BCUT2D eigenvalue weighted by molar-refractivity contribution is 0.100. The number of nitrogen functional groups attached to an aromatic ring is 1. The summed E-state index contributed by atoms with van der Waals surface area (Å²) in [6, 6.07) is 13.3. The molecule has 0 bridgehead atoms.